The molecule has 3 heteroatoms. The smallest absolute Gasteiger partial charge is 0.128 e. The number of hydrogen-bond acceptors (Lipinski definition) is 2. The van der Waals surface area contributed by atoms with Crippen LogP contribution in [-0.4, -0.2) is 6.04 Å². The average molecular weight is 250 g/mol. The van der Waals surface area contributed by atoms with E-state index in [1.807, 2.05) is 6.07 Å². The number of nitrogens with one attached hydrogen (secondary N) is 1. The first-order valence-electron chi connectivity index (χ1n) is 6.69. The Kier molecular flexibility index (Phi) is 3.51. The highest BCUT2D eigenvalue weighted by Gasteiger charge is 2.28. The summed E-state index contributed by atoms with van der Waals surface area (Å²) in [7, 11) is 0. The average Bonchev–Trinajstić information content (AvgIpc) is 2.24. The maximum absolute atomic E-state index is 13.4. The third kappa shape index (κ3) is 2.95. The highest BCUT2D eigenvalue weighted by Crippen LogP contribution is 2.37. The Labute approximate surface area is 109 Å². The molecule has 1 unspecified atom stereocenters. The van der Waals surface area contributed by atoms with Crippen LogP contribution in [0.4, 0.5) is 15.8 Å². The molecule has 3 N–H and O–H groups in total. The lowest BCUT2D eigenvalue weighted by molar-refractivity contribution is 0.229. The summed E-state index contributed by atoms with van der Waals surface area (Å²) in [6.45, 7) is 6.38. The minimum Gasteiger partial charge on any atom is -0.397 e. The van der Waals surface area contributed by atoms with Crippen molar-refractivity contribution in [2.75, 3.05) is 11.1 Å². The van der Waals surface area contributed by atoms with Crippen molar-refractivity contribution in [2.24, 2.45) is 5.41 Å². The van der Waals surface area contributed by atoms with Crippen LogP contribution < -0.4 is 11.1 Å². The van der Waals surface area contributed by atoms with E-state index in [4.69, 9.17) is 5.73 Å². The maximum Gasteiger partial charge on any atom is 0.128 e. The predicted octanol–water partition coefficient (Wildman–Crippen LogP) is 4.10. The Morgan fingerprint density at radius 2 is 2.11 bits per heavy atom. The fourth-order valence-corrected chi connectivity index (χ4v) is 2.86. The molecule has 1 aromatic carbocycles. The molecule has 1 fully saturated rings. The second kappa shape index (κ2) is 4.79. The van der Waals surface area contributed by atoms with Crippen molar-refractivity contribution in [3.05, 3.63) is 23.5 Å². The van der Waals surface area contributed by atoms with E-state index in [9.17, 15) is 4.39 Å². The Bertz CT molecular complexity index is 440. The van der Waals surface area contributed by atoms with E-state index in [2.05, 4.69) is 19.2 Å². The topological polar surface area (TPSA) is 38.0 Å². The van der Waals surface area contributed by atoms with Gasteiger partial charge < -0.3 is 11.1 Å². The molecule has 2 nitrogen and oxygen atoms in total. The van der Waals surface area contributed by atoms with Crippen LogP contribution in [0.3, 0.4) is 0 Å². The molecule has 0 heterocycles. The van der Waals surface area contributed by atoms with E-state index in [1.54, 1.807) is 6.92 Å². The van der Waals surface area contributed by atoms with Crippen LogP contribution in [0.15, 0.2) is 12.1 Å². The Morgan fingerprint density at radius 3 is 2.78 bits per heavy atom. The summed E-state index contributed by atoms with van der Waals surface area (Å²) in [5, 5.41) is 3.48. The van der Waals surface area contributed by atoms with E-state index in [1.165, 1.54) is 25.3 Å². The van der Waals surface area contributed by atoms with Crippen molar-refractivity contribution < 1.29 is 4.39 Å². The summed E-state index contributed by atoms with van der Waals surface area (Å²) >= 11 is 0. The SMILES string of the molecule is Cc1cc(NC2CCCC(C)(C)C2)c(N)cc1F. The van der Waals surface area contributed by atoms with E-state index in [-0.39, 0.29) is 5.82 Å². The number of rotatable bonds is 2. The van der Waals surface area contributed by atoms with Crippen LogP contribution in [0, 0.1) is 18.2 Å². The van der Waals surface area contributed by atoms with E-state index >= 15 is 0 Å². The second-order valence-electron chi connectivity index (χ2n) is 6.29. The van der Waals surface area contributed by atoms with Crippen LogP contribution in [0.1, 0.15) is 45.1 Å². The lowest BCUT2D eigenvalue weighted by Gasteiger charge is -2.36. The van der Waals surface area contributed by atoms with Crippen molar-refractivity contribution in [3.8, 4) is 0 Å². The minimum atomic E-state index is -0.234. The van der Waals surface area contributed by atoms with Crippen molar-refractivity contribution in [3.63, 3.8) is 0 Å². The normalized spacial score (nSPS) is 22.8. The number of halogens is 1. The Hall–Kier alpha value is -1.25. The summed E-state index contributed by atoms with van der Waals surface area (Å²) in [6.07, 6.45) is 4.83. The first-order chi connectivity index (χ1) is 8.37. The molecule has 0 aromatic heterocycles. The number of nitrogens with two attached hydrogens (primary N) is 1. The van der Waals surface area contributed by atoms with Gasteiger partial charge in [0.2, 0.25) is 0 Å². The van der Waals surface area contributed by atoms with Gasteiger partial charge in [0.05, 0.1) is 11.4 Å². The van der Waals surface area contributed by atoms with Gasteiger partial charge in [0.25, 0.3) is 0 Å². The molecule has 18 heavy (non-hydrogen) atoms. The highest BCUT2D eigenvalue weighted by molar-refractivity contribution is 5.67. The summed E-state index contributed by atoms with van der Waals surface area (Å²) < 4.78 is 13.4. The lowest BCUT2D eigenvalue weighted by atomic mass is 9.75. The van der Waals surface area contributed by atoms with Crippen LogP contribution >= 0.6 is 0 Å². The fourth-order valence-electron chi connectivity index (χ4n) is 2.86. The van der Waals surface area contributed by atoms with Gasteiger partial charge in [-0.1, -0.05) is 20.3 Å². The van der Waals surface area contributed by atoms with Crippen molar-refractivity contribution in [1.29, 1.82) is 0 Å². The van der Waals surface area contributed by atoms with Crippen LogP contribution in [0.25, 0.3) is 0 Å². The predicted molar refractivity (Wildman–Crippen MR) is 75.2 cm³/mol. The molecular weight excluding hydrogens is 227 g/mol. The third-order valence-corrected chi connectivity index (χ3v) is 3.90. The van der Waals surface area contributed by atoms with Gasteiger partial charge in [-0.3, -0.25) is 0 Å². The Balaban J connectivity index is 2.12. The van der Waals surface area contributed by atoms with E-state index in [0.29, 0.717) is 22.7 Å². The first-order valence-corrected chi connectivity index (χ1v) is 6.69. The lowest BCUT2D eigenvalue weighted by Crippen LogP contribution is -2.32. The molecule has 1 aliphatic carbocycles. The number of aryl methyl sites for hydroxylation is 1. The number of nitrogen functional groups attached to an aromatic ring is 1. The molecule has 1 atom stereocenters. The minimum absolute atomic E-state index is 0.234. The van der Waals surface area contributed by atoms with Crippen LogP contribution in [0.2, 0.25) is 0 Å². The largest absolute Gasteiger partial charge is 0.397 e. The summed E-state index contributed by atoms with van der Waals surface area (Å²) in [6, 6.07) is 3.67. The van der Waals surface area contributed by atoms with Gasteiger partial charge >= 0.3 is 0 Å². The van der Waals surface area contributed by atoms with Gasteiger partial charge in [0.15, 0.2) is 0 Å². The fraction of sp³-hybridized carbons (Fsp3) is 0.600. The maximum atomic E-state index is 13.4. The molecule has 1 aromatic rings. The summed E-state index contributed by atoms with van der Waals surface area (Å²) in [4.78, 5) is 0. The molecule has 0 saturated heterocycles. The third-order valence-electron chi connectivity index (χ3n) is 3.90. The van der Waals surface area contributed by atoms with Gasteiger partial charge in [-0.15, -0.1) is 0 Å². The molecule has 100 valence electrons. The number of benzene rings is 1. The number of anilines is 2. The quantitative estimate of drug-likeness (QED) is 0.776. The monoisotopic (exact) mass is 250 g/mol. The molecule has 1 saturated carbocycles. The zero-order valence-electron chi connectivity index (χ0n) is 11.5. The molecule has 0 aliphatic heterocycles. The summed E-state index contributed by atoms with van der Waals surface area (Å²) in [5.74, 6) is -0.234. The van der Waals surface area contributed by atoms with Crippen molar-refractivity contribution in [1.82, 2.24) is 0 Å². The zero-order chi connectivity index (χ0) is 13.3. The number of hydrogen-bond donors (Lipinski definition) is 2. The molecular formula is C15H23FN2. The van der Waals surface area contributed by atoms with Crippen LogP contribution in [-0.2, 0) is 0 Å². The Morgan fingerprint density at radius 1 is 1.39 bits per heavy atom. The molecule has 0 amide bonds. The second-order valence-corrected chi connectivity index (χ2v) is 6.29. The summed E-state index contributed by atoms with van der Waals surface area (Å²) in [5.41, 5.74) is 8.27. The van der Waals surface area contributed by atoms with Gasteiger partial charge in [-0.2, -0.15) is 0 Å². The van der Waals surface area contributed by atoms with E-state index < -0.39 is 0 Å². The van der Waals surface area contributed by atoms with Crippen LogP contribution in [0.5, 0.6) is 0 Å². The van der Waals surface area contributed by atoms with Gasteiger partial charge in [-0.25, -0.2) is 4.39 Å². The molecule has 1 aliphatic rings. The van der Waals surface area contributed by atoms with Gasteiger partial charge in [0.1, 0.15) is 5.82 Å². The standard InChI is InChI=1S/C15H23FN2/c1-10-7-14(13(17)8-12(10)16)18-11-5-4-6-15(2,3)9-11/h7-8,11,18H,4-6,9,17H2,1-3H3. The molecule has 0 spiro atoms. The highest BCUT2D eigenvalue weighted by atomic mass is 19.1. The van der Waals surface area contributed by atoms with E-state index in [0.717, 1.165) is 12.1 Å². The van der Waals surface area contributed by atoms with Crippen molar-refractivity contribution >= 4 is 11.4 Å². The first kappa shape index (κ1) is 13.2. The molecule has 2 rings (SSSR count). The molecule has 0 radical (unpaired) electrons. The van der Waals surface area contributed by atoms with Gasteiger partial charge in [-0.05, 0) is 49.3 Å². The zero-order valence-corrected chi connectivity index (χ0v) is 11.5. The van der Waals surface area contributed by atoms with Gasteiger partial charge in [0, 0.05) is 6.04 Å². The van der Waals surface area contributed by atoms with Crippen molar-refractivity contribution in [2.45, 2.75) is 52.5 Å². The molecule has 0 bridgehead atoms.